The van der Waals surface area contributed by atoms with Crippen molar-refractivity contribution in [3.8, 4) is 0 Å². The van der Waals surface area contributed by atoms with Crippen LogP contribution in [0.2, 0.25) is 0 Å². The van der Waals surface area contributed by atoms with Crippen molar-refractivity contribution in [1.82, 2.24) is 9.21 Å². The van der Waals surface area contributed by atoms with Crippen molar-refractivity contribution in [2.75, 3.05) is 31.5 Å². The van der Waals surface area contributed by atoms with Crippen molar-refractivity contribution in [3.63, 3.8) is 0 Å². The Balaban J connectivity index is 1.39. The molecule has 3 aromatic carbocycles. The first-order valence-electron chi connectivity index (χ1n) is 12.4. The molecule has 0 saturated carbocycles. The summed E-state index contributed by atoms with van der Waals surface area (Å²) >= 11 is 0. The van der Waals surface area contributed by atoms with Gasteiger partial charge in [0, 0.05) is 44.0 Å². The maximum absolute atomic E-state index is 13.1. The summed E-state index contributed by atoms with van der Waals surface area (Å²) < 4.78 is 27.5. The average molecular weight is 506 g/mol. The maximum atomic E-state index is 13.1. The Morgan fingerprint density at radius 3 is 2.25 bits per heavy atom. The highest BCUT2D eigenvalue weighted by Gasteiger charge is 2.28. The lowest BCUT2D eigenvalue weighted by Gasteiger charge is -2.34. The zero-order valence-corrected chi connectivity index (χ0v) is 22.3. The van der Waals surface area contributed by atoms with Crippen molar-refractivity contribution in [2.45, 2.75) is 45.1 Å². The molecular formula is C29H35N3O3S. The normalized spacial score (nSPS) is 15.2. The van der Waals surface area contributed by atoms with Crippen molar-refractivity contribution < 1.29 is 13.2 Å². The Labute approximate surface area is 215 Å². The molecule has 1 aliphatic rings. The van der Waals surface area contributed by atoms with Crippen LogP contribution in [-0.2, 0) is 16.6 Å². The fraction of sp³-hybridized carbons (Fsp3) is 0.345. The molecule has 1 aliphatic heterocycles. The van der Waals surface area contributed by atoms with Crippen LogP contribution in [0, 0.1) is 13.8 Å². The monoisotopic (exact) mass is 505 g/mol. The smallest absolute Gasteiger partial charge is 0.255 e. The van der Waals surface area contributed by atoms with E-state index in [0.717, 1.165) is 27.9 Å². The van der Waals surface area contributed by atoms with Crippen LogP contribution < -0.4 is 5.32 Å². The predicted octanol–water partition coefficient (Wildman–Crippen LogP) is 5.19. The summed E-state index contributed by atoms with van der Waals surface area (Å²) in [6.45, 7) is 11.0. The molecule has 4 rings (SSSR count). The van der Waals surface area contributed by atoms with Gasteiger partial charge in [0.1, 0.15) is 0 Å². The summed E-state index contributed by atoms with van der Waals surface area (Å²) in [4.78, 5) is 15.7. The topological polar surface area (TPSA) is 69.7 Å². The molecule has 0 spiro atoms. The summed E-state index contributed by atoms with van der Waals surface area (Å²) in [6.07, 6.45) is 0. The van der Waals surface area contributed by atoms with Gasteiger partial charge in [-0.05, 0) is 60.7 Å². The Hall–Kier alpha value is -3.00. The van der Waals surface area contributed by atoms with Gasteiger partial charge in [-0.3, -0.25) is 9.69 Å². The number of benzene rings is 3. The molecule has 1 saturated heterocycles. The quantitative estimate of drug-likeness (QED) is 0.480. The highest BCUT2D eigenvalue weighted by Crippen LogP contribution is 2.28. The number of piperazine rings is 1. The van der Waals surface area contributed by atoms with Gasteiger partial charge in [-0.1, -0.05) is 61.9 Å². The van der Waals surface area contributed by atoms with E-state index in [2.05, 4.69) is 30.1 Å². The van der Waals surface area contributed by atoms with Crippen LogP contribution in [0.3, 0.4) is 0 Å². The van der Waals surface area contributed by atoms with Crippen molar-refractivity contribution in [1.29, 1.82) is 0 Å². The number of sulfonamides is 1. The van der Waals surface area contributed by atoms with Gasteiger partial charge < -0.3 is 5.32 Å². The van der Waals surface area contributed by atoms with Crippen LogP contribution in [0.1, 0.15) is 52.4 Å². The summed E-state index contributed by atoms with van der Waals surface area (Å²) in [5.41, 5.74) is 5.74. The number of rotatable bonds is 7. The van der Waals surface area contributed by atoms with Crippen molar-refractivity contribution in [3.05, 3.63) is 94.5 Å². The fourth-order valence-electron chi connectivity index (χ4n) is 4.58. The van der Waals surface area contributed by atoms with Crippen LogP contribution in [-0.4, -0.2) is 49.7 Å². The van der Waals surface area contributed by atoms with Crippen molar-refractivity contribution in [2.24, 2.45) is 0 Å². The number of para-hydroxylation sites is 1. The van der Waals surface area contributed by atoms with E-state index < -0.39 is 10.0 Å². The van der Waals surface area contributed by atoms with Crippen LogP contribution in [0.4, 0.5) is 5.69 Å². The van der Waals surface area contributed by atoms with Crippen LogP contribution in [0.5, 0.6) is 0 Å². The highest BCUT2D eigenvalue weighted by molar-refractivity contribution is 7.89. The predicted molar refractivity (Wildman–Crippen MR) is 145 cm³/mol. The number of anilines is 1. The third kappa shape index (κ3) is 5.86. The first-order chi connectivity index (χ1) is 17.1. The van der Waals surface area contributed by atoms with E-state index in [4.69, 9.17) is 0 Å². The molecule has 1 heterocycles. The van der Waals surface area contributed by atoms with E-state index in [1.54, 1.807) is 16.4 Å². The largest absolute Gasteiger partial charge is 0.321 e. The second kappa shape index (κ2) is 10.9. The van der Waals surface area contributed by atoms with E-state index in [-0.39, 0.29) is 5.91 Å². The number of aryl methyl sites for hydroxylation is 2. The third-order valence-electron chi connectivity index (χ3n) is 6.75. The molecule has 1 N–H and O–H groups in total. The minimum absolute atomic E-state index is 0.123. The van der Waals surface area contributed by atoms with Gasteiger partial charge in [-0.25, -0.2) is 8.42 Å². The number of hydrogen-bond donors (Lipinski definition) is 1. The third-order valence-corrected chi connectivity index (χ3v) is 8.66. The number of nitrogens with one attached hydrogen (secondary N) is 1. The fourth-order valence-corrected chi connectivity index (χ4v) is 6.01. The van der Waals surface area contributed by atoms with E-state index in [1.807, 2.05) is 62.4 Å². The molecule has 6 nitrogen and oxygen atoms in total. The molecular weight excluding hydrogens is 470 g/mol. The molecule has 0 atom stereocenters. The molecule has 0 aromatic heterocycles. The van der Waals surface area contributed by atoms with Crippen LogP contribution in [0.25, 0.3) is 0 Å². The second-order valence-corrected chi connectivity index (χ2v) is 11.8. The standard InChI is InChI=1S/C29H35N3O3S/c1-21(2)27-10-5-7-23(4)28(27)30-29(33)25-9-6-8-24(19-25)20-31-15-17-32(18-16-31)36(34,35)26-13-11-22(3)12-14-26/h5-14,19,21H,15-18,20H2,1-4H3,(H,30,33). The first-order valence-corrected chi connectivity index (χ1v) is 13.9. The van der Waals surface area contributed by atoms with Gasteiger partial charge in [0.2, 0.25) is 10.0 Å². The average Bonchev–Trinajstić information content (AvgIpc) is 2.86. The molecule has 36 heavy (non-hydrogen) atoms. The zero-order chi connectivity index (χ0) is 25.9. The summed E-state index contributed by atoms with van der Waals surface area (Å²) in [7, 11) is -3.48. The van der Waals surface area contributed by atoms with Gasteiger partial charge in [-0.2, -0.15) is 4.31 Å². The second-order valence-electron chi connectivity index (χ2n) is 9.84. The lowest BCUT2D eigenvalue weighted by molar-refractivity contribution is 0.102. The minimum Gasteiger partial charge on any atom is -0.321 e. The molecule has 1 amide bonds. The number of hydrogen-bond acceptors (Lipinski definition) is 4. The van der Waals surface area contributed by atoms with Gasteiger partial charge in [0.05, 0.1) is 4.90 Å². The molecule has 7 heteroatoms. The number of amides is 1. The van der Waals surface area contributed by atoms with Gasteiger partial charge in [-0.15, -0.1) is 0 Å². The lowest BCUT2D eigenvalue weighted by atomic mass is 9.98. The number of carbonyl (C=O) groups excluding carboxylic acids is 1. The van der Waals surface area contributed by atoms with Gasteiger partial charge in [0.25, 0.3) is 5.91 Å². The van der Waals surface area contributed by atoms with Crippen molar-refractivity contribution >= 4 is 21.6 Å². The van der Waals surface area contributed by atoms with Crippen LogP contribution in [0.15, 0.2) is 71.6 Å². The zero-order valence-electron chi connectivity index (χ0n) is 21.5. The summed E-state index contributed by atoms with van der Waals surface area (Å²) in [5, 5.41) is 3.12. The Kier molecular flexibility index (Phi) is 7.93. The Bertz CT molecular complexity index is 1330. The minimum atomic E-state index is -3.48. The molecule has 0 bridgehead atoms. The van der Waals surface area contributed by atoms with Gasteiger partial charge in [0.15, 0.2) is 0 Å². The molecule has 0 radical (unpaired) electrons. The molecule has 3 aromatic rings. The number of carbonyl (C=O) groups is 1. The van der Waals surface area contributed by atoms with E-state index >= 15 is 0 Å². The Morgan fingerprint density at radius 2 is 1.58 bits per heavy atom. The summed E-state index contributed by atoms with van der Waals surface area (Å²) in [5.74, 6) is 0.182. The first kappa shape index (κ1) is 26.1. The SMILES string of the molecule is Cc1ccc(S(=O)(=O)N2CCN(Cc3cccc(C(=O)Nc4c(C)cccc4C(C)C)c3)CC2)cc1. The van der Waals surface area contributed by atoms with E-state index in [1.165, 1.54) is 0 Å². The van der Waals surface area contributed by atoms with Gasteiger partial charge >= 0.3 is 0 Å². The maximum Gasteiger partial charge on any atom is 0.255 e. The van der Waals surface area contributed by atoms with E-state index in [0.29, 0.717) is 49.1 Å². The summed E-state index contributed by atoms with van der Waals surface area (Å²) in [6, 6.07) is 20.8. The highest BCUT2D eigenvalue weighted by atomic mass is 32.2. The molecule has 1 fully saturated rings. The molecule has 0 unspecified atom stereocenters. The number of nitrogens with zero attached hydrogens (tertiary/aromatic N) is 2. The lowest BCUT2D eigenvalue weighted by Crippen LogP contribution is -2.48. The van der Waals surface area contributed by atoms with E-state index in [9.17, 15) is 13.2 Å². The van der Waals surface area contributed by atoms with Crippen LogP contribution >= 0.6 is 0 Å². The molecule has 0 aliphatic carbocycles. The Morgan fingerprint density at radius 1 is 0.917 bits per heavy atom. The molecule has 190 valence electrons.